The van der Waals surface area contributed by atoms with Gasteiger partial charge in [0.1, 0.15) is 0 Å². The molecule has 0 spiro atoms. The fraction of sp³-hybridized carbons (Fsp3) is 0.357. The third-order valence-electron chi connectivity index (χ3n) is 2.88. The van der Waals surface area contributed by atoms with Crippen LogP contribution in [0.15, 0.2) is 36.7 Å². The molecule has 1 aromatic heterocycles. The van der Waals surface area contributed by atoms with Crippen molar-refractivity contribution >= 4 is 12.4 Å². The number of hydrogen-bond donors (Lipinski definition) is 1. The van der Waals surface area contributed by atoms with Crippen LogP contribution >= 0.6 is 12.4 Å². The van der Waals surface area contributed by atoms with E-state index in [-0.39, 0.29) is 12.4 Å². The summed E-state index contributed by atoms with van der Waals surface area (Å²) in [6.07, 6.45) is 4.85. The molecular formula is C14H20ClN3O. The first-order valence-corrected chi connectivity index (χ1v) is 6.14. The number of halogens is 1. The summed E-state index contributed by atoms with van der Waals surface area (Å²) in [5.41, 5.74) is 9.12. The van der Waals surface area contributed by atoms with E-state index in [2.05, 4.69) is 29.4 Å². The summed E-state index contributed by atoms with van der Waals surface area (Å²) in [7, 11) is 1.70. The van der Waals surface area contributed by atoms with Gasteiger partial charge in [-0.15, -0.1) is 12.4 Å². The average Bonchev–Trinajstić information content (AvgIpc) is 2.86. The van der Waals surface area contributed by atoms with Gasteiger partial charge in [-0.3, -0.25) is 4.68 Å². The molecule has 0 aliphatic rings. The van der Waals surface area contributed by atoms with Crippen molar-refractivity contribution in [3.05, 3.63) is 42.2 Å². The second-order valence-corrected chi connectivity index (χ2v) is 4.22. The van der Waals surface area contributed by atoms with Crippen LogP contribution in [0.3, 0.4) is 0 Å². The zero-order valence-electron chi connectivity index (χ0n) is 11.1. The monoisotopic (exact) mass is 281 g/mol. The summed E-state index contributed by atoms with van der Waals surface area (Å²) in [4.78, 5) is 0. The lowest BCUT2D eigenvalue weighted by molar-refractivity contribution is 0.183. The van der Waals surface area contributed by atoms with E-state index in [1.165, 1.54) is 11.1 Å². The standard InChI is InChI=1S/C14H19N3O.ClH/c1-18-9-8-17-11-14(10-16-17)13-4-2-12(3-5-13)6-7-15;/h2-5,10-11H,6-9,15H2,1H3;1H. The molecule has 104 valence electrons. The van der Waals surface area contributed by atoms with Gasteiger partial charge >= 0.3 is 0 Å². The minimum atomic E-state index is 0. The molecule has 0 aliphatic heterocycles. The smallest absolute Gasteiger partial charge is 0.0658 e. The van der Waals surface area contributed by atoms with Crippen molar-refractivity contribution < 1.29 is 4.74 Å². The van der Waals surface area contributed by atoms with E-state index in [0.29, 0.717) is 13.2 Å². The fourth-order valence-corrected chi connectivity index (χ4v) is 1.85. The lowest BCUT2D eigenvalue weighted by atomic mass is 10.1. The number of nitrogens with two attached hydrogens (primary N) is 1. The predicted molar refractivity (Wildman–Crippen MR) is 79.5 cm³/mol. The number of methoxy groups -OCH3 is 1. The first-order chi connectivity index (χ1) is 8.83. The molecule has 4 nitrogen and oxygen atoms in total. The van der Waals surface area contributed by atoms with Gasteiger partial charge < -0.3 is 10.5 Å². The Hall–Kier alpha value is -1.36. The Morgan fingerprint density at radius 2 is 1.95 bits per heavy atom. The quantitative estimate of drug-likeness (QED) is 0.882. The Morgan fingerprint density at radius 3 is 2.58 bits per heavy atom. The van der Waals surface area contributed by atoms with E-state index in [4.69, 9.17) is 10.5 Å². The highest BCUT2D eigenvalue weighted by atomic mass is 35.5. The summed E-state index contributed by atoms with van der Waals surface area (Å²) in [6.45, 7) is 2.15. The Balaban J connectivity index is 0.00000180. The maximum absolute atomic E-state index is 5.53. The fourth-order valence-electron chi connectivity index (χ4n) is 1.85. The Kier molecular flexibility index (Phi) is 6.56. The SMILES string of the molecule is COCCn1cc(-c2ccc(CCN)cc2)cn1.Cl. The highest BCUT2D eigenvalue weighted by molar-refractivity contribution is 5.85. The molecule has 1 heterocycles. The van der Waals surface area contributed by atoms with Gasteiger partial charge in [-0.25, -0.2) is 0 Å². The number of aromatic nitrogens is 2. The van der Waals surface area contributed by atoms with E-state index < -0.39 is 0 Å². The van der Waals surface area contributed by atoms with Crippen molar-refractivity contribution in [3.63, 3.8) is 0 Å². The lowest BCUT2D eigenvalue weighted by Gasteiger charge is -2.01. The van der Waals surface area contributed by atoms with E-state index in [9.17, 15) is 0 Å². The molecule has 0 unspecified atom stereocenters. The van der Waals surface area contributed by atoms with Crippen LogP contribution in [0.4, 0.5) is 0 Å². The van der Waals surface area contributed by atoms with Crippen LogP contribution in [0.2, 0.25) is 0 Å². The minimum absolute atomic E-state index is 0. The summed E-state index contributed by atoms with van der Waals surface area (Å²) in [5.74, 6) is 0. The third kappa shape index (κ3) is 4.35. The van der Waals surface area contributed by atoms with Crippen molar-refractivity contribution in [1.82, 2.24) is 9.78 Å². The highest BCUT2D eigenvalue weighted by Gasteiger charge is 2.01. The van der Waals surface area contributed by atoms with Crippen molar-refractivity contribution in [3.8, 4) is 11.1 Å². The maximum atomic E-state index is 5.53. The van der Waals surface area contributed by atoms with Crippen molar-refractivity contribution in [1.29, 1.82) is 0 Å². The van der Waals surface area contributed by atoms with Gasteiger partial charge in [0.15, 0.2) is 0 Å². The molecule has 2 N–H and O–H groups in total. The zero-order valence-corrected chi connectivity index (χ0v) is 11.9. The van der Waals surface area contributed by atoms with E-state index in [0.717, 1.165) is 18.5 Å². The molecule has 0 bridgehead atoms. The number of hydrogen-bond acceptors (Lipinski definition) is 3. The molecule has 0 saturated heterocycles. The molecule has 0 saturated carbocycles. The number of rotatable bonds is 6. The van der Waals surface area contributed by atoms with Crippen molar-refractivity contribution in [2.45, 2.75) is 13.0 Å². The highest BCUT2D eigenvalue weighted by Crippen LogP contribution is 2.19. The zero-order chi connectivity index (χ0) is 12.8. The van der Waals surface area contributed by atoms with Crippen LogP contribution in [0.1, 0.15) is 5.56 Å². The maximum Gasteiger partial charge on any atom is 0.0658 e. The van der Waals surface area contributed by atoms with Gasteiger partial charge in [-0.2, -0.15) is 5.10 Å². The largest absolute Gasteiger partial charge is 0.383 e. The van der Waals surface area contributed by atoms with Gasteiger partial charge in [0.25, 0.3) is 0 Å². The molecule has 0 atom stereocenters. The second-order valence-electron chi connectivity index (χ2n) is 4.22. The van der Waals surface area contributed by atoms with E-state index >= 15 is 0 Å². The van der Waals surface area contributed by atoms with Crippen LogP contribution in [0.25, 0.3) is 11.1 Å². The molecule has 0 radical (unpaired) electrons. The van der Waals surface area contributed by atoms with E-state index in [1.54, 1.807) is 7.11 Å². The van der Waals surface area contributed by atoms with Crippen LogP contribution in [-0.4, -0.2) is 30.0 Å². The predicted octanol–water partition coefficient (Wildman–Crippen LogP) is 2.12. The van der Waals surface area contributed by atoms with Gasteiger partial charge in [0.05, 0.1) is 19.3 Å². The number of ether oxygens (including phenoxy) is 1. The Morgan fingerprint density at radius 1 is 1.21 bits per heavy atom. The molecule has 5 heteroatoms. The van der Waals surface area contributed by atoms with Crippen LogP contribution in [0.5, 0.6) is 0 Å². The molecule has 0 amide bonds. The van der Waals surface area contributed by atoms with Crippen molar-refractivity contribution in [2.75, 3.05) is 20.3 Å². The molecule has 0 aliphatic carbocycles. The topological polar surface area (TPSA) is 53.1 Å². The van der Waals surface area contributed by atoms with E-state index in [1.807, 2.05) is 17.1 Å². The van der Waals surface area contributed by atoms with Gasteiger partial charge in [-0.1, -0.05) is 24.3 Å². The molecule has 1 aromatic carbocycles. The molecule has 2 rings (SSSR count). The van der Waals surface area contributed by atoms with Crippen LogP contribution in [-0.2, 0) is 17.7 Å². The summed E-state index contributed by atoms with van der Waals surface area (Å²) >= 11 is 0. The number of nitrogens with zero attached hydrogens (tertiary/aromatic N) is 2. The minimum Gasteiger partial charge on any atom is -0.383 e. The Bertz CT molecular complexity index is 482. The Labute approximate surface area is 120 Å². The summed E-state index contributed by atoms with van der Waals surface area (Å²) < 4.78 is 6.93. The first kappa shape index (κ1) is 15.7. The summed E-state index contributed by atoms with van der Waals surface area (Å²) in [6, 6.07) is 8.47. The average molecular weight is 282 g/mol. The normalized spacial score (nSPS) is 10.2. The molecular weight excluding hydrogens is 262 g/mol. The third-order valence-corrected chi connectivity index (χ3v) is 2.88. The first-order valence-electron chi connectivity index (χ1n) is 6.14. The van der Waals surface area contributed by atoms with Gasteiger partial charge in [-0.05, 0) is 24.1 Å². The number of benzene rings is 1. The van der Waals surface area contributed by atoms with Crippen molar-refractivity contribution in [2.24, 2.45) is 5.73 Å². The lowest BCUT2D eigenvalue weighted by Crippen LogP contribution is -2.03. The van der Waals surface area contributed by atoms with Gasteiger partial charge in [0.2, 0.25) is 0 Å². The molecule has 2 aromatic rings. The van der Waals surface area contributed by atoms with Gasteiger partial charge in [0, 0.05) is 18.9 Å². The molecule has 0 fully saturated rings. The van der Waals surface area contributed by atoms with Crippen LogP contribution < -0.4 is 5.73 Å². The second kappa shape index (κ2) is 7.94. The summed E-state index contributed by atoms with van der Waals surface area (Å²) in [5, 5.41) is 4.31. The van der Waals surface area contributed by atoms with Crippen LogP contribution in [0, 0.1) is 0 Å². The molecule has 19 heavy (non-hydrogen) atoms.